The van der Waals surface area contributed by atoms with Gasteiger partial charge in [0.2, 0.25) is 0 Å². The van der Waals surface area contributed by atoms with Crippen molar-refractivity contribution in [2.24, 2.45) is 0 Å². The van der Waals surface area contributed by atoms with Gasteiger partial charge in [-0.05, 0) is 36.6 Å². The highest BCUT2D eigenvalue weighted by Crippen LogP contribution is 2.25. The van der Waals surface area contributed by atoms with Gasteiger partial charge in [0.05, 0.1) is 12.3 Å². The molecule has 7 heteroatoms. The van der Waals surface area contributed by atoms with Crippen LogP contribution in [0.2, 0.25) is 0 Å². The maximum absolute atomic E-state index is 12.9. The first kappa shape index (κ1) is 20.9. The van der Waals surface area contributed by atoms with Crippen molar-refractivity contribution in [3.8, 4) is 0 Å². The molecule has 0 N–H and O–H groups in total. The quantitative estimate of drug-likeness (QED) is 0.713. The molecule has 1 saturated heterocycles. The van der Waals surface area contributed by atoms with Crippen LogP contribution in [0.15, 0.2) is 42.5 Å². The van der Waals surface area contributed by atoms with Crippen molar-refractivity contribution in [1.29, 1.82) is 0 Å². The van der Waals surface area contributed by atoms with E-state index in [-0.39, 0.29) is 6.10 Å². The van der Waals surface area contributed by atoms with Gasteiger partial charge in [0, 0.05) is 31.9 Å². The van der Waals surface area contributed by atoms with Gasteiger partial charge in [-0.25, -0.2) is 0 Å². The minimum atomic E-state index is -3.48. The van der Waals surface area contributed by atoms with E-state index in [4.69, 9.17) is 4.74 Å². The lowest BCUT2D eigenvalue weighted by Crippen LogP contribution is -2.49. The summed E-state index contributed by atoms with van der Waals surface area (Å²) in [5.74, 6) is 0. The Morgan fingerprint density at radius 3 is 2.54 bits per heavy atom. The van der Waals surface area contributed by atoms with Crippen LogP contribution in [0.25, 0.3) is 0 Å². The molecule has 6 nitrogen and oxygen atoms in total. The number of aryl methyl sites for hydroxylation is 1. The zero-order chi connectivity index (χ0) is 20.1. The Bertz CT molecular complexity index is 883. The first-order chi connectivity index (χ1) is 13.4. The van der Waals surface area contributed by atoms with Crippen LogP contribution in [-0.4, -0.2) is 54.8 Å². The highest BCUT2D eigenvalue weighted by Gasteiger charge is 2.34. The first-order valence-corrected chi connectivity index (χ1v) is 11.2. The Labute approximate surface area is 168 Å². The molecule has 0 spiro atoms. The molecule has 0 amide bonds. The number of nitrogens with zero attached hydrogens (tertiary/aromatic N) is 3. The highest BCUT2D eigenvalue weighted by molar-refractivity contribution is 7.86. The van der Waals surface area contributed by atoms with Gasteiger partial charge in [0.1, 0.15) is 6.10 Å². The van der Waals surface area contributed by atoms with Crippen LogP contribution < -0.4 is 0 Å². The summed E-state index contributed by atoms with van der Waals surface area (Å²) >= 11 is 0. The molecule has 0 saturated carbocycles. The second-order valence-electron chi connectivity index (χ2n) is 7.01. The van der Waals surface area contributed by atoms with E-state index in [1.807, 2.05) is 45.0 Å². The number of rotatable bonds is 7. The van der Waals surface area contributed by atoms with Gasteiger partial charge >= 0.3 is 0 Å². The van der Waals surface area contributed by atoms with E-state index in [0.29, 0.717) is 32.8 Å². The molecule has 0 unspecified atom stereocenters. The first-order valence-electron chi connectivity index (χ1n) is 9.82. The van der Waals surface area contributed by atoms with Gasteiger partial charge < -0.3 is 4.74 Å². The summed E-state index contributed by atoms with van der Waals surface area (Å²) in [6, 6.07) is 14.4. The Kier molecular flexibility index (Phi) is 6.82. The molecular weight excluding hydrogens is 374 g/mol. The molecule has 2 aromatic rings. The van der Waals surface area contributed by atoms with Crippen molar-refractivity contribution in [2.45, 2.75) is 33.3 Å². The van der Waals surface area contributed by atoms with Crippen molar-refractivity contribution < 1.29 is 13.2 Å². The predicted octanol–water partition coefficient (Wildman–Crippen LogP) is 2.94. The van der Waals surface area contributed by atoms with Crippen molar-refractivity contribution >= 4 is 10.2 Å². The maximum Gasteiger partial charge on any atom is 0.282 e. The normalized spacial score (nSPS) is 18.5. The van der Waals surface area contributed by atoms with Gasteiger partial charge in [-0.3, -0.25) is 4.98 Å². The van der Waals surface area contributed by atoms with Crippen LogP contribution in [0.4, 0.5) is 0 Å². The zero-order valence-corrected chi connectivity index (χ0v) is 17.7. The summed E-state index contributed by atoms with van der Waals surface area (Å²) in [5, 5.41) is 0. The third kappa shape index (κ3) is 4.78. The van der Waals surface area contributed by atoms with Crippen molar-refractivity contribution in [3.63, 3.8) is 0 Å². The average molecular weight is 404 g/mol. The SMILES string of the molecule is CCN(CC)S(=O)(=O)N1CCO[C@H](c2cc(Cc3ccccc3)cc(C)n2)C1. The van der Waals surface area contributed by atoms with Gasteiger partial charge in [-0.1, -0.05) is 44.2 Å². The lowest BCUT2D eigenvalue weighted by Gasteiger charge is -2.35. The van der Waals surface area contributed by atoms with Gasteiger partial charge in [-0.15, -0.1) is 0 Å². The topological polar surface area (TPSA) is 62.7 Å². The Hall–Kier alpha value is -1.80. The highest BCUT2D eigenvalue weighted by atomic mass is 32.2. The van der Waals surface area contributed by atoms with Gasteiger partial charge in [-0.2, -0.15) is 17.0 Å². The van der Waals surface area contributed by atoms with Crippen LogP contribution in [-0.2, 0) is 21.4 Å². The molecule has 1 aliphatic rings. The van der Waals surface area contributed by atoms with Crippen molar-refractivity contribution in [2.75, 3.05) is 32.8 Å². The lowest BCUT2D eigenvalue weighted by atomic mass is 10.0. The molecule has 1 fully saturated rings. The summed E-state index contributed by atoms with van der Waals surface area (Å²) in [6.07, 6.45) is 0.458. The van der Waals surface area contributed by atoms with Crippen LogP contribution in [0.5, 0.6) is 0 Å². The molecule has 0 aliphatic carbocycles. The molecule has 0 bridgehead atoms. The van der Waals surface area contributed by atoms with Gasteiger partial charge in [0.25, 0.3) is 10.2 Å². The van der Waals surface area contributed by atoms with E-state index in [9.17, 15) is 8.42 Å². The molecule has 3 rings (SSSR count). The molecule has 152 valence electrons. The summed E-state index contributed by atoms with van der Waals surface area (Å²) in [4.78, 5) is 4.64. The summed E-state index contributed by atoms with van der Waals surface area (Å²) in [6.45, 7) is 7.64. The molecule has 1 atom stereocenters. The second kappa shape index (κ2) is 9.13. The number of aromatic nitrogens is 1. The predicted molar refractivity (Wildman–Crippen MR) is 110 cm³/mol. The third-order valence-electron chi connectivity index (χ3n) is 5.00. The van der Waals surface area contributed by atoms with E-state index >= 15 is 0 Å². The van der Waals surface area contributed by atoms with Crippen LogP contribution >= 0.6 is 0 Å². The average Bonchev–Trinajstić information content (AvgIpc) is 2.69. The molecule has 0 radical (unpaired) electrons. The second-order valence-corrected chi connectivity index (χ2v) is 8.94. The van der Waals surface area contributed by atoms with E-state index < -0.39 is 10.2 Å². The Morgan fingerprint density at radius 1 is 1.14 bits per heavy atom. The fourth-order valence-electron chi connectivity index (χ4n) is 3.59. The lowest BCUT2D eigenvalue weighted by molar-refractivity contribution is -0.00668. The van der Waals surface area contributed by atoms with E-state index in [1.165, 1.54) is 14.2 Å². The number of morpholine rings is 1. The fraction of sp³-hybridized carbons (Fsp3) is 0.476. The molecule has 1 aromatic heterocycles. The number of hydrogen-bond donors (Lipinski definition) is 0. The van der Waals surface area contributed by atoms with E-state index in [0.717, 1.165) is 23.4 Å². The molecule has 1 aromatic carbocycles. The Morgan fingerprint density at radius 2 is 1.86 bits per heavy atom. The van der Waals surface area contributed by atoms with Crippen molar-refractivity contribution in [3.05, 3.63) is 65.0 Å². The van der Waals surface area contributed by atoms with Gasteiger partial charge in [0.15, 0.2) is 0 Å². The smallest absolute Gasteiger partial charge is 0.282 e. The molecule has 1 aliphatic heterocycles. The molecule has 2 heterocycles. The number of hydrogen-bond acceptors (Lipinski definition) is 4. The monoisotopic (exact) mass is 403 g/mol. The van der Waals surface area contributed by atoms with Crippen LogP contribution in [0.3, 0.4) is 0 Å². The minimum Gasteiger partial charge on any atom is -0.369 e. The third-order valence-corrected chi connectivity index (χ3v) is 7.15. The number of pyridine rings is 1. The van der Waals surface area contributed by atoms with Crippen LogP contribution in [0, 0.1) is 6.92 Å². The fourth-order valence-corrected chi connectivity index (χ4v) is 5.20. The summed E-state index contributed by atoms with van der Waals surface area (Å²) in [5.41, 5.74) is 4.09. The van der Waals surface area contributed by atoms with Crippen LogP contribution in [0.1, 0.15) is 42.5 Å². The molecule has 28 heavy (non-hydrogen) atoms. The minimum absolute atomic E-state index is 0.292. The Balaban J connectivity index is 1.81. The molecular formula is C21H29N3O3S. The summed E-state index contributed by atoms with van der Waals surface area (Å²) < 4.78 is 34.7. The summed E-state index contributed by atoms with van der Waals surface area (Å²) in [7, 11) is -3.48. The number of ether oxygens (including phenoxy) is 1. The maximum atomic E-state index is 12.9. The largest absolute Gasteiger partial charge is 0.369 e. The van der Waals surface area contributed by atoms with E-state index in [1.54, 1.807) is 0 Å². The number of benzene rings is 1. The van der Waals surface area contributed by atoms with E-state index in [2.05, 4.69) is 23.2 Å². The zero-order valence-electron chi connectivity index (χ0n) is 16.8. The standard InChI is InChI=1S/C21H29N3O3S/c1-4-23(5-2)28(25,26)24-11-12-27-21(16-24)20-15-19(13-17(3)22-20)14-18-9-7-6-8-10-18/h6-10,13,15,21H,4-5,11-12,14,16H2,1-3H3/t21-/m0/s1. The van der Waals surface area contributed by atoms with Crippen molar-refractivity contribution in [1.82, 2.24) is 13.6 Å².